The highest BCUT2D eigenvalue weighted by molar-refractivity contribution is 14.0. The van der Waals surface area contributed by atoms with Crippen molar-refractivity contribution in [1.82, 2.24) is 5.32 Å². The number of rotatable bonds is 3. The Morgan fingerprint density at radius 3 is 2.86 bits per heavy atom. The smallest absolute Gasteiger partial charge is 0.198 e. The average molecular weight is 431 g/mol. The second kappa shape index (κ2) is 9.01. The molecule has 0 amide bonds. The van der Waals surface area contributed by atoms with Gasteiger partial charge in [-0.1, -0.05) is 18.2 Å². The molecule has 0 saturated carbocycles. The Morgan fingerprint density at radius 1 is 1.32 bits per heavy atom. The van der Waals surface area contributed by atoms with Crippen molar-refractivity contribution in [2.45, 2.75) is 26.2 Å². The van der Waals surface area contributed by atoms with Crippen LogP contribution in [0.2, 0.25) is 0 Å². The molecule has 22 heavy (non-hydrogen) atoms. The van der Waals surface area contributed by atoms with E-state index in [2.05, 4.69) is 53.2 Å². The molecule has 0 radical (unpaired) electrons. The highest BCUT2D eigenvalue weighted by Gasteiger charge is 2.22. The molecule has 0 aliphatic carbocycles. The van der Waals surface area contributed by atoms with Crippen LogP contribution in [0.1, 0.15) is 25.3 Å². The summed E-state index contributed by atoms with van der Waals surface area (Å²) in [7, 11) is 0. The van der Waals surface area contributed by atoms with Gasteiger partial charge in [0.1, 0.15) is 0 Å². The lowest BCUT2D eigenvalue weighted by Crippen LogP contribution is -2.41. The van der Waals surface area contributed by atoms with Crippen LogP contribution in [0.3, 0.4) is 0 Å². The Morgan fingerprint density at radius 2 is 2.09 bits per heavy atom. The quantitative estimate of drug-likeness (QED) is 0.449. The number of aliphatic imine (C=N–C) groups is 1. The molecular weight excluding hydrogens is 405 g/mol. The summed E-state index contributed by atoms with van der Waals surface area (Å²) < 4.78 is 0. The molecule has 2 aliphatic rings. The Labute approximate surface area is 155 Å². The predicted octanol–water partition coefficient (Wildman–Crippen LogP) is 3.78. The van der Waals surface area contributed by atoms with Crippen LogP contribution < -0.4 is 10.2 Å². The second-order valence-electron chi connectivity index (χ2n) is 5.78. The lowest BCUT2D eigenvalue weighted by atomic mass is 10.0. The summed E-state index contributed by atoms with van der Waals surface area (Å²) in [5.74, 6) is 4.46. The monoisotopic (exact) mass is 431 g/mol. The normalized spacial score (nSPS) is 18.8. The van der Waals surface area contributed by atoms with Crippen LogP contribution in [0.4, 0.5) is 5.69 Å². The topological polar surface area (TPSA) is 27.6 Å². The molecule has 0 aromatic heterocycles. The number of para-hydroxylation sites is 1. The number of anilines is 1. The van der Waals surface area contributed by atoms with Gasteiger partial charge < -0.3 is 10.2 Å². The van der Waals surface area contributed by atoms with E-state index in [0.29, 0.717) is 0 Å². The summed E-state index contributed by atoms with van der Waals surface area (Å²) in [6, 6.07) is 8.70. The summed E-state index contributed by atoms with van der Waals surface area (Å²) in [6.07, 6.45) is 3.77. The van der Waals surface area contributed by atoms with E-state index in [1.807, 2.05) is 0 Å². The molecule has 0 spiro atoms. The highest BCUT2D eigenvalue weighted by atomic mass is 127. The summed E-state index contributed by atoms with van der Waals surface area (Å²) in [5.41, 5.74) is 2.77. The average Bonchev–Trinajstić information content (AvgIpc) is 2.96. The molecule has 1 aromatic carbocycles. The van der Waals surface area contributed by atoms with Gasteiger partial charge in [-0.25, -0.2) is 0 Å². The van der Waals surface area contributed by atoms with E-state index in [1.54, 1.807) is 0 Å². The van der Waals surface area contributed by atoms with E-state index in [9.17, 15) is 0 Å². The molecule has 1 N–H and O–H groups in total. The van der Waals surface area contributed by atoms with Gasteiger partial charge in [0.15, 0.2) is 5.96 Å². The number of thioether (sulfide) groups is 1. The Balaban J connectivity index is 0.00000176. The maximum absolute atomic E-state index is 4.94. The van der Waals surface area contributed by atoms with Crippen LogP contribution >= 0.6 is 35.7 Å². The summed E-state index contributed by atoms with van der Waals surface area (Å²) in [4.78, 5) is 7.30. The maximum Gasteiger partial charge on any atom is 0.198 e. The van der Waals surface area contributed by atoms with Crippen LogP contribution in [-0.4, -0.2) is 37.1 Å². The van der Waals surface area contributed by atoms with Crippen LogP contribution in [0.25, 0.3) is 0 Å². The SMILES string of the molecule is CCNC(=NCC1CCSCC1)N1CCc2ccccc21.I. The first-order valence-corrected chi connectivity index (χ1v) is 9.25. The lowest BCUT2D eigenvalue weighted by molar-refractivity contribution is 0.502. The number of halogens is 1. The number of nitrogens with zero attached hydrogens (tertiary/aromatic N) is 2. The van der Waals surface area contributed by atoms with Gasteiger partial charge in [0.05, 0.1) is 0 Å². The van der Waals surface area contributed by atoms with Crippen molar-refractivity contribution in [2.24, 2.45) is 10.9 Å². The first kappa shape index (κ1) is 17.9. The highest BCUT2D eigenvalue weighted by Crippen LogP contribution is 2.28. The van der Waals surface area contributed by atoms with Crippen LogP contribution in [0, 0.1) is 5.92 Å². The van der Waals surface area contributed by atoms with Crippen molar-refractivity contribution >= 4 is 47.4 Å². The number of nitrogens with one attached hydrogen (secondary N) is 1. The van der Waals surface area contributed by atoms with E-state index >= 15 is 0 Å². The lowest BCUT2D eigenvalue weighted by Gasteiger charge is -2.24. The van der Waals surface area contributed by atoms with Crippen molar-refractivity contribution in [1.29, 1.82) is 0 Å². The number of hydrogen-bond acceptors (Lipinski definition) is 2. The molecule has 0 atom stereocenters. The fourth-order valence-corrected chi connectivity index (χ4v) is 4.30. The number of benzene rings is 1. The van der Waals surface area contributed by atoms with E-state index in [1.165, 1.54) is 35.6 Å². The van der Waals surface area contributed by atoms with Gasteiger partial charge in [0.2, 0.25) is 0 Å². The van der Waals surface area contributed by atoms with Gasteiger partial charge >= 0.3 is 0 Å². The Bertz CT molecular complexity index is 500. The zero-order valence-electron chi connectivity index (χ0n) is 13.3. The molecule has 2 heterocycles. The van der Waals surface area contributed by atoms with E-state index in [0.717, 1.165) is 37.9 Å². The summed E-state index contributed by atoms with van der Waals surface area (Å²) in [6.45, 7) is 5.10. The third-order valence-corrected chi connectivity index (χ3v) is 5.37. The molecule has 3 rings (SSSR count). The van der Waals surface area contributed by atoms with E-state index in [4.69, 9.17) is 4.99 Å². The van der Waals surface area contributed by atoms with Gasteiger partial charge in [0.25, 0.3) is 0 Å². The molecule has 1 fully saturated rings. The third kappa shape index (κ3) is 4.31. The van der Waals surface area contributed by atoms with Gasteiger partial charge in [0, 0.05) is 25.3 Å². The minimum absolute atomic E-state index is 0. The van der Waals surface area contributed by atoms with Gasteiger partial charge in [-0.05, 0) is 55.2 Å². The molecular formula is C17H26IN3S. The zero-order chi connectivity index (χ0) is 14.5. The van der Waals surface area contributed by atoms with E-state index in [-0.39, 0.29) is 24.0 Å². The van der Waals surface area contributed by atoms with Crippen molar-refractivity contribution in [3.8, 4) is 0 Å². The van der Waals surface area contributed by atoms with Crippen molar-refractivity contribution in [3.05, 3.63) is 29.8 Å². The minimum atomic E-state index is 0. The fraction of sp³-hybridized carbons (Fsp3) is 0.588. The molecule has 2 aliphatic heterocycles. The molecule has 0 unspecified atom stereocenters. The van der Waals surface area contributed by atoms with Crippen LogP contribution in [0.15, 0.2) is 29.3 Å². The maximum atomic E-state index is 4.94. The van der Waals surface area contributed by atoms with Crippen molar-refractivity contribution in [2.75, 3.05) is 36.0 Å². The van der Waals surface area contributed by atoms with Crippen molar-refractivity contribution < 1.29 is 0 Å². The first-order valence-electron chi connectivity index (χ1n) is 8.10. The minimum Gasteiger partial charge on any atom is -0.356 e. The predicted molar refractivity (Wildman–Crippen MR) is 109 cm³/mol. The van der Waals surface area contributed by atoms with Gasteiger partial charge in [-0.3, -0.25) is 4.99 Å². The molecule has 3 nitrogen and oxygen atoms in total. The largest absolute Gasteiger partial charge is 0.356 e. The van der Waals surface area contributed by atoms with Crippen molar-refractivity contribution in [3.63, 3.8) is 0 Å². The fourth-order valence-electron chi connectivity index (χ4n) is 3.10. The molecule has 1 saturated heterocycles. The molecule has 0 bridgehead atoms. The Hall–Kier alpha value is -0.430. The van der Waals surface area contributed by atoms with Gasteiger partial charge in [-0.2, -0.15) is 11.8 Å². The number of hydrogen-bond donors (Lipinski definition) is 1. The van der Waals surface area contributed by atoms with E-state index < -0.39 is 0 Å². The second-order valence-corrected chi connectivity index (χ2v) is 7.01. The third-order valence-electron chi connectivity index (χ3n) is 4.32. The zero-order valence-corrected chi connectivity index (χ0v) is 16.4. The molecule has 5 heteroatoms. The number of guanidine groups is 1. The van der Waals surface area contributed by atoms with Crippen LogP contribution in [-0.2, 0) is 6.42 Å². The first-order chi connectivity index (χ1) is 10.4. The van der Waals surface area contributed by atoms with Gasteiger partial charge in [-0.15, -0.1) is 24.0 Å². The summed E-state index contributed by atoms with van der Waals surface area (Å²) >= 11 is 2.08. The molecule has 1 aromatic rings. The summed E-state index contributed by atoms with van der Waals surface area (Å²) in [5, 5.41) is 3.48. The number of fused-ring (bicyclic) bond motifs is 1. The molecule has 122 valence electrons. The standard InChI is InChI=1S/C17H25N3S.HI/c1-2-18-17(19-13-14-8-11-21-12-9-14)20-10-7-15-5-3-4-6-16(15)20;/h3-6,14H,2,7-13H2,1H3,(H,18,19);1H. The van der Waals surface area contributed by atoms with Crippen LogP contribution in [0.5, 0.6) is 0 Å². The Kier molecular flexibility index (Phi) is 7.34.